The normalized spacial score (nSPS) is 15.4. The second-order valence-corrected chi connectivity index (χ2v) is 9.55. The lowest BCUT2D eigenvalue weighted by molar-refractivity contribution is 0.0509. The third-order valence-electron chi connectivity index (χ3n) is 5.18. The van der Waals surface area contributed by atoms with E-state index in [-0.39, 0.29) is 12.1 Å². The Kier molecular flexibility index (Phi) is 10.4. The molecule has 0 aromatic heterocycles. The molecule has 0 spiro atoms. The third-order valence-corrected chi connectivity index (χ3v) is 5.43. The van der Waals surface area contributed by atoms with E-state index in [1.54, 1.807) is 24.3 Å². The van der Waals surface area contributed by atoms with Crippen LogP contribution < -0.4 is 16.0 Å². The molecule has 0 saturated carbocycles. The summed E-state index contributed by atoms with van der Waals surface area (Å²) < 4.78 is 5.29. The molecule has 1 aliphatic heterocycles. The minimum absolute atomic E-state index is 0.190. The summed E-state index contributed by atoms with van der Waals surface area (Å²) in [5.41, 5.74) is 0.273. The molecule has 1 heterocycles. The van der Waals surface area contributed by atoms with E-state index >= 15 is 0 Å². The number of hydrogen-bond acceptors (Lipinski definition) is 4. The predicted molar refractivity (Wildman–Crippen MR) is 126 cm³/mol. The van der Waals surface area contributed by atoms with E-state index in [4.69, 9.17) is 16.3 Å². The van der Waals surface area contributed by atoms with Gasteiger partial charge in [-0.15, -0.1) is 0 Å². The van der Waals surface area contributed by atoms with Gasteiger partial charge in [0.15, 0.2) is 0 Å². The van der Waals surface area contributed by atoms with Crippen molar-refractivity contribution >= 4 is 29.4 Å². The number of carbonyl (C=O) groups excluding carboxylic acids is 2. The van der Waals surface area contributed by atoms with Crippen molar-refractivity contribution in [2.75, 3.05) is 38.0 Å². The first-order chi connectivity index (χ1) is 14.7. The van der Waals surface area contributed by atoms with Gasteiger partial charge < -0.3 is 25.6 Å². The van der Waals surface area contributed by atoms with Crippen molar-refractivity contribution in [3.63, 3.8) is 0 Å². The zero-order valence-corrected chi connectivity index (χ0v) is 19.8. The number of carbonyl (C=O) groups is 2. The number of amides is 3. The molecular weight excluding hydrogens is 416 g/mol. The van der Waals surface area contributed by atoms with Crippen LogP contribution in [0.5, 0.6) is 0 Å². The number of benzene rings is 1. The van der Waals surface area contributed by atoms with Gasteiger partial charge in [0.05, 0.1) is 0 Å². The molecule has 7 nitrogen and oxygen atoms in total. The zero-order valence-electron chi connectivity index (χ0n) is 19.0. The second kappa shape index (κ2) is 12.8. The van der Waals surface area contributed by atoms with Crippen LogP contribution in [0.3, 0.4) is 0 Å². The minimum atomic E-state index is -0.455. The Balaban J connectivity index is 1.46. The van der Waals surface area contributed by atoms with Crippen LogP contribution in [0.1, 0.15) is 52.9 Å². The summed E-state index contributed by atoms with van der Waals surface area (Å²) in [6, 6.07) is 6.86. The molecule has 0 bridgehead atoms. The van der Waals surface area contributed by atoms with Crippen molar-refractivity contribution in [1.29, 1.82) is 0 Å². The fourth-order valence-corrected chi connectivity index (χ4v) is 3.63. The largest absolute Gasteiger partial charge is 0.444 e. The summed E-state index contributed by atoms with van der Waals surface area (Å²) in [5, 5.41) is 9.22. The molecule has 31 heavy (non-hydrogen) atoms. The number of ether oxygens (including phenoxy) is 1. The molecule has 0 aliphatic carbocycles. The van der Waals surface area contributed by atoms with Gasteiger partial charge in [-0.1, -0.05) is 18.0 Å². The number of urea groups is 1. The SMILES string of the molecule is CC(C)(C)OC(=O)NCC1CCN(CCCCCNC(=O)Nc2ccc(Cl)cc2)CC1. The fraction of sp³-hybridized carbons (Fsp3) is 0.652. The summed E-state index contributed by atoms with van der Waals surface area (Å²) >= 11 is 5.84. The van der Waals surface area contributed by atoms with Crippen molar-refractivity contribution in [2.45, 2.75) is 58.5 Å². The Labute approximate surface area is 191 Å². The van der Waals surface area contributed by atoms with E-state index in [0.717, 1.165) is 57.4 Å². The van der Waals surface area contributed by atoms with E-state index in [2.05, 4.69) is 20.9 Å². The van der Waals surface area contributed by atoms with Crippen molar-refractivity contribution in [2.24, 2.45) is 5.92 Å². The van der Waals surface area contributed by atoms with Gasteiger partial charge >= 0.3 is 12.1 Å². The summed E-state index contributed by atoms with van der Waals surface area (Å²) in [4.78, 5) is 26.1. The van der Waals surface area contributed by atoms with Crippen molar-refractivity contribution in [3.05, 3.63) is 29.3 Å². The number of alkyl carbamates (subject to hydrolysis) is 1. The van der Waals surface area contributed by atoms with Crippen LogP contribution in [-0.4, -0.2) is 55.3 Å². The lowest BCUT2D eigenvalue weighted by Gasteiger charge is -2.32. The molecule has 3 amide bonds. The monoisotopic (exact) mass is 452 g/mol. The van der Waals surface area contributed by atoms with Crippen LogP contribution in [0.4, 0.5) is 15.3 Å². The highest BCUT2D eigenvalue weighted by Crippen LogP contribution is 2.17. The highest BCUT2D eigenvalue weighted by atomic mass is 35.5. The molecule has 1 fully saturated rings. The number of anilines is 1. The van der Waals surface area contributed by atoms with Gasteiger partial charge in [0.2, 0.25) is 0 Å². The average Bonchev–Trinajstić information content (AvgIpc) is 2.70. The maximum atomic E-state index is 11.9. The van der Waals surface area contributed by atoms with Crippen LogP contribution in [0.25, 0.3) is 0 Å². The van der Waals surface area contributed by atoms with Crippen molar-refractivity contribution in [1.82, 2.24) is 15.5 Å². The number of nitrogens with zero attached hydrogens (tertiary/aromatic N) is 1. The summed E-state index contributed by atoms with van der Waals surface area (Å²) in [5.74, 6) is 0.520. The number of halogens is 1. The first-order valence-corrected chi connectivity index (χ1v) is 11.6. The van der Waals surface area contributed by atoms with E-state index in [9.17, 15) is 9.59 Å². The fourth-order valence-electron chi connectivity index (χ4n) is 3.50. The van der Waals surface area contributed by atoms with Gasteiger partial charge in [-0.25, -0.2) is 9.59 Å². The number of hydrogen-bond donors (Lipinski definition) is 3. The molecule has 1 saturated heterocycles. The first kappa shape index (κ1) is 25.3. The van der Waals surface area contributed by atoms with Crippen molar-refractivity contribution in [3.8, 4) is 0 Å². The highest BCUT2D eigenvalue weighted by Gasteiger charge is 2.21. The molecule has 2 rings (SSSR count). The summed E-state index contributed by atoms with van der Waals surface area (Å²) in [6.07, 6.45) is 5.04. The number of rotatable bonds is 9. The molecular formula is C23H37ClN4O3. The number of nitrogens with one attached hydrogen (secondary N) is 3. The zero-order chi connectivity index (χ0) is 22.7. The van der Waals surface area contributed by atoms with Gasteiger partial charge in [0.1, 0.15) is 5.60 Å². The molecule has 1 aromatic rings. The maximum Gasteiger partial charge on any atom is 0.407 e. The van der Waals surface area contributed by atoms with Crippen LogP contribution >= 0.6 is 11.6 Å². The second-order valence-electron chi connectivity index (χ2n) is 9.12. The lowest BCUT2D eigenvalue weighted by Crippen LogP contribution is -2.40. The molecule has 3 N–H and O–H groups in total. The molecule has 174 valence electrons. The number of likely N-dealkylation sites (tertiary alicyclic amines) is 1. The Hall–Kier alpha value is -1.99. The number of unbranched alkanes of at least 4 members (excludes halogenated alkanes) is 2. The van der Waals surface area contributed by atoms with E-state index in [1.165, 1.54) is 0 Å². The Morgan fingerprint density at radius 2 is 1.74 bits per heavy atom. The molecule has 1 aromatic carbocycles. The van der Waals surface area contributed by atoms with Gasteiger partial charge in [-0.3, -0.25) is 0 Å². The molecule has 1 aliphatic rings. The molecule has 0 unspecified atom stereocenters. The Morgan fingerprint density at radius 3 is 2.39 bits per heavy atom. The van der Waals surface area contributed by atoms with Crippen LogP contribution in [0.2, 0.25) is 5.02 Å². The van der Waals surface area contributed by atoms with E-state index < -0.39 is 5.60 Å². The van der Waals surface area contributed by atoms with Crippen molar-refractivity contribution < 1.29 is 14.3 Å². The highest BCUT2D eigenvalue weighted by molar-refractivity contribution is 6.30. The molecule has 8 heteroatoms. The molecule has 0 radical (unpaired) electrons. The smallest absolute Gasteiger partial charge is 0.407 e. The topological polar surface area (TPSA) is 82.7 Å². The lowest BCUT2D eigenvalue weighted by atomic mass is 9.96. The predicted octanol–water partition coefficient (Wildman–Crippen LogP) is 4.87. The minimum Gasteiger partial charge on any atom is -0.444 e. The standard InChI is InChI=1S/C23H37ClN4O3/c1-23(2,3)31-22(30)26-17-18-11-15-28(16-12-18)14-6-4-5-13-25-21(29)27-20-9-7-19(24)8-10-20/h7-10,18H,4-6,11-17H2,1-3H3,(H,26,30)(H2,25,27,29). The first-order valence-electron chi connectivity index (χ1n) is 11.2. The van der Waals surface area contributed by atoms with Crippen LogP contribution in [-0.2, 0) is 4.74 Å². The van der Waals surface area contributed by atoms with E-state index in [0.29, 0.717) is 24.0 Å². The maximum absolute atomic E-state index is 11.9. The third kappa shape index (κ3) is 11.3. The quantitative estimate of drug-likeness (QED) is 0.467. The van der Waals surface area contributed by atoms with Crippen LogP contribution in [0, 0.1) is 5.92 Å². The van der Waals surface area contributed by atoms with E-state index in [1.807, 2.05) is 20.8 Å². The van der Waals surface area contributed by atoms with Gasteiger partial charge in [0.25, 0.3) is 0 Å². The van der Waals surface area contributed by atoms with Gasteiger partial charge in [0, 0.05) is 23.8 Å². The summed E-state index contributed by atoms with van der Waals surface area (Å²) in [7, 11) is 0. The van der Waals surface area contributed by atoms with Crippen LogP contribution in [0.15, 0.2) is 24.3 Å². The van der Waals surface area contributed by atoms with Gasteiger partial charge in [-0.2, -0.15) is 0 Å². The molecule has 0 atom stereocenters. The average molecular weight is 453 g/mol. The Bertz CT molecular complexity index is 683. The van der Waals surface area contributed by atoms with Gasteiger partial charge in [-0.05, 0) is 96.3 Å². The number of piperidine rings is 1. The summed E-state index contributed by atoms with van der Waals surface area (Å²) in [6.45, 7) is 10.2. The Morgan fingerprint density at radius 1 is 1.06 bits per heavy atom.